The van der Waals surface area contributed by atoms with Crippen molar-refractivity contribution in [3.63, 3.8) is 0 Å². The third-order valence-corrected chi connectivity index (χ3v) is 4.32. The maximum atomic E-state index is 8.42. The molecule has 2 nitrogen and oxygen atoms in total. The second kappa shape index (κ2) is 4.86. The molecule has 0 aliphatic heterocycles. The maximum Gasteiger partial charge on any atom is 0.0805 e. The molecule has 0 unspecified atom stereocenters. The fourth-order valence-electron chi connectivity index (χ4n) is 2.21. The van der Waals surface area contributed by atoms with Gasteiger partial charge in [0, 0.05) is 22.7 Å². The van der Waals surface area contributed by atoms with Crippen LogP contribution in [0.4, 0.5) is 5.69 Å². The Morgan fingerprint density at radius 3 is 2.42 bits per heavy atom. The fourth-order valence-corrected chi connectivity index (χ4v) is 3.39. The first kappa shape index (κ1) is 11.9. The predicted molar refractivity (Wildman–Crippen MR) is 83.7 cm³/mol. The molecule has 0 aliphatic rings. The molecule has 3 heteroatoms. The van der Waals surface area contributed by atoms with Crippen molar-refractivity contribution >= 4 is 32.8 Å². The van der Waals surface area contributed by atoms with Crippen molar-refractivity contribution in [2.45, 2.75) is 0 Å². The lowest BCUT2D eigenvalue weighted by molar-refractivity contribution is 1.47. The Balaban J connectivity index is 2.17. The Morgan fingerprint density at radius 2 is 1.68 bits per heavy atom. The van der Waals surface area contributed by atoms with Crippen LogP contribution >= 0.6 is 11.3 Å². The summed E-state index contributed by atoms with van der Waals surface area (Å²) in [5.74, 6) is 0. The molecule has 3 rings (SSSR count). The van der Waals surface area contributed by atoms with Crippen LogP contribution in [-0.4, -0.2) is 12.8 Å². The fraction of sp³-hybridized carbons (Fsp3) is 0.0625. The molecule has 0 radical (unpaired) electrons. The quantitative estimate of drug-likeness (QED) is 0.679. The zero-order valence-corrected chi connectivity index (χ0v) is 11.4. The Labute approximate surface area is 116 Å². The highest BCUT2D eigenvalue weighted by atomic mass is 32.1. The van der Waals surface area contributed by atoms with Crippen molar-refractivity contribution in [1.82, 2.24) is 0 Å². The van der Waals surface area contributed by atoms with Crippen LogP contribution in [0.25, 0.3) is 10.1 Å². The van der Waals surface area contributed by atoms with Gasteiger partial charge < -0.3 is 5.32 Å². The van der Waals surface area contributed by atoms with Gasteiger partial charge in [0.1, 0.15) is 0 Å². The highest BCUT2D eigenvalue weighted by Crippen LogP contribution is 2.36. The van der Waals surface area contributed by atoms with Crippen molar-refractivity contribution in [3.05, 3.63) is 65.0 Å². The monoisotopic (exact) mass is 266 g/mol. The van der Waals surface area contributed by atoms with Crippen molar-refractivity contribution in [3.8, 4) is 0 Å². The SMILES string of the molecule is CNc1c(C(=N)c2ccccc2)sc2ccccc12. The zero-order valence-electron chi connectivity index (χ0n) is 10.6. The van der Waals surface area contributed by atoms with E-state index in [1.165, 1.54) is 10.1 Å². The molecular weight excluding hydrogens is 252 g/mol. The summed E-state index contributed by atoms with van der Waals surface area (Å²) < 4.78 is 1.21. The van der Waals surface area contributed by atoms with E-state index in [9.17, 15) is 0 Å². The number of benzene rings is 2. The summed E-state index contributed by atoms with van der Waals surface area (Å²) in [4.78, 5) is 0.995. The standard InChI is InChI=1S/C16H14N2S/c1-18-15-12-9-5-6-10-13(12)19-16(15)14(17)11-7-3-2-4-8-11/h2-10,17-18H,1H3. The highest BCUT2D eigenvalue weighted by molar-refractivity contribution is 7.21. The van der Waals surface area contributed by atoms with E-state index in [4.69, 9.17) is 5.41 Å². The topological polar surface area (TPSA) is 35.9 Å². The molecule has 2 aromatic carbocycles. The van der Waals surface area contributed by atoms with Gasteiger partial charge in [-0.3, -0.25) is 5.41 Å². The molecular formula is C16H14N2S. The molecule has 19 heavy (non-hydrogen) atoms. The van der Waals surface area contributed by atoms with E-state index >= 15 is 0 Å². The van der Waals surface area contributed by atoms with Crippen molar-refractivity contribution in [2.75, 3.05) is 12.4 Å². The van der Waals surface area contributed by atoms with E-state index in [0.717, 1.165) is 16.1 Å². The summed E-state index contributed by atoms with van der Waals surface area (Å²) in [6, 6.07) is 18.1. The molecule has 1 heterocycles. The molecule has 94 valence electrons. The van der Waals surface area contributed by atoms with E-state index in [2.05, 4.69) is 17.4 Å². The lowest BCUT2D eigenvalue weighted by atomic mass is 10.1. The van der Waals surface area contributed by atoms with E-state index < -0.39 is 0 Å². The molecule has 1 aromatic heterocycles. The normalized spacial score (nSPS) is 10.6. The van der Waals surface area contributed by atoms with Gasteiger partial charge in [-0.05, 0) is 6.07 Å². The van der Waals surface area contributed by atoms with Gasteiger partial charge >= 0.3 is 0 Å². The number of nitrogens with one attached hydrogen (secondary N) is 2. The second-order valence-corrected chi connectivity index (χ2v) is 5.35. The highest BCUT2D eigenvalue weighted by Gasteiger charge is 2.15. The van der Waals surface area contributed by atoms with E-state index in [0.29, 0.717) is 5.71 Å². The van der Waals surface area contributed by atoms with Crippen LogP contribution in [0.5, 0.6) is 0 Å². The average Bonchev–Trinajstić information content (AvgIpc) is 2.85. The minimum atomic E-state index is 0.575. The summed E-state index contributed by atoms with van der Waals surface area (Å²) in [5.41, 5.74) is 2.58. The Bertz CT molecular complexity index is 729. The van der Waals surface area contributed by atoms with Crippen LogP contribution in [0.1, 0.15) is 10.4 Å². The Morgan fingerprint density at radius 1 is 1.00 bits per heavy atom. The first-order chi connectivity index (χ1) is 9.31. The summed E-state index contributed by atoms with van der Waals surface area (Å²) in [6.07, 6.45) is 0. The molecule has 0 spiro atoms. The van der Waals surface area contributed by atoms with Gasteiger partial charge in [-0.1, -0.05) is 48.5 Å². The van der Waals surface area contributed by atoms with Gasteiger partial charge in [-0.15, -0.1) is 11.3 Å². The number of anilines is 1. The maximum absolute atomic E-state index is 8.42. The molecule has 0 fully saturated rings. The van der Waals surface area contributed by atoms with E-state index in [1.807, 2.05) is 49.5 Å². The average molecular weight is 266 g/mol. The summed E-state index contributed by atoms with van der Waals surface area (Å²) in [6.45, 7) is 0. The molecule has 0 saturated heterocycles. The second-order valence-electron chi connectivity index (χ2n) is 4.29. The van der Waals surface area contributed by atoms with Crippen LogP contribution < -0.4 is 5.32 Å². The first-order valence-electron chi connectivity index (χ1n) is 6.15. The number of thiophene rings is 1. The number of fused-ring (bicyclic) bond motifs is 1. The molecule has 0 atom stereocenters. The molecule has 0 aliphatic carbocycles. The molecule has 2 N–H and O–H groups in total. The van der Waals surface area contributed by atoms with Crippen LogP contribution in [0.15, 0.2) is 54.6 Å². The first-order valence-corrected chi connectivity index (χ1v) is 6.96. The van der Waals surface area contributed by atoms with Gasteiger partial charge in [-0.25, -0.2) is 0 Å². The van der Waals surface area contributed by atoms with E-state index in [-0.39, 0.29) is 0 Å². The van der Waals surface area contributed by atoms with Gasteiger partial charge in [0.2, 0.25) is 0 Å². The summed E-state index contributed by atoms with van der Waals surface area (Å²) in [7, 11) is 1.91. The van der Waals surface area contributed by atoms with Crippen LogP contribution in [0.3, 0.4) is 0 Å². The lowest BCUT2D eigenvalue weighted by Crippen LogP contribution is -2.02. The van der Waals surface area contributed by atoms with Crippen molar-refractivity contribution in [1.29, 1.82) is 5.41 Å². The van der Waals surface area contributed by atoms with Crippen LogP contribution in [-0.2, 0) is 0 Å². The third-order valence-electron chi connectivity index (χ3n) is 3.14. The van der Waals surface area contributed by atoms with Gasteiger partial charge in [0.15, 0.2) is 0 Å². The number of hydrogen-bond donors (Lipinski definition) is 2. The van der Waals surface area contributed by atoms with Gasteiger partial charge in [-0.2, -0.15) is 0 Å². The third kappa shape index (κ3) is 2.02. The van der Waals surface area contributed by atoms with E-state index in [1.54, 1.807) is 11.3 Å². The molecule has 0 amide bonds. The smallest absolute Gasteiger partial charge is 0.0805 e. The number of rotatable bonds is 3. The van der Waals surface area contributed by atoms with Crippen LogP contribution in [0, 0.1) is 5.41 Å². The zero-order chi connectivity index (χ0) is 13.2. The predicted octanol–water partition coefficient (Wildman–Crippen LogP) is 4.36. The summed E-state index contributed by atoms with van der Waals surface area (Å²) >= 11 is 1.66. The van der Waals surface area contributed by atoms with Crippen molar-refractivity contribution < 1.29 is 0 Å². The summed E-state index contributed by atoms with van der Waals surface area (Å²) in [5, 5.41) is 12.8. The number of hydrogen-bond acceptors (Lipinski definition) is 3. The van der Waals surface area contributed by atoms with Crippen molar-refractivity contribution in [2.24, 2.45) is 0 Å². The Hall–Kier alpha value is -2.13. The largest absolute Gasteiger partial charge is 0.386 e. The minimum absolute atomic E-state index is 0.575. The lowest BCUT2D eigenvalue weighted by Gasteiger charge is -2.05. The molecule has 0 saturated carbocycles. The molecule has 0 bridgehead atoms. The van der Waals surface area contributed by atoms with Gasteiger partial charge in [0.25, 0.3) is 0 Å². The minimum Gasteiger partial charge on any atom is -0.386 e. The van der Waals surface area contributed by atoms with Gasteiger partial charge in [0.05, 0.1) is 16.3 Å². The van der Waals surface area contributed by atoms with Crippen LogP contribution in [0.2, 0.25) is 0 Å². The molecule has 3 aromatic rings. The Kier molecular flexibility index (Phi) is 3.05.